The molecule has 0 spiro atoms. The minimum absolute atomic E-state index is 0.260. The molecule has 0 radical (unpaired) electrons. The number of aliphatic hydroxyl groups is 1. The van der Waals surface area contributed by atoms with Gasteiger partial charge in [-0.05, 0) is 24.6 Å². The van der Waals surface area contributed by atoms with E-state index < -0.39 is 11.5 Å². The van der Waals surface area contributed by atoms with Crippen LogP contribution >= 0.6 is 11.3 Å². The molecule has 1 N–H and O–H groups in total. The molecule has 1 aromatic carbocycles. The Labute approximate surface area is 116 Å². The summed E-state index contributed by atoms with van der Waals surface area (Å²) in [5, 5.41) is 13.4. The van der Waals surface area contributed by atoms with Crippen molar-refractivity contribution in [2.75, 3.05) is 0 Å². The third kappa shape index (κ3) is 3.19. The standard InChI is InChI=1S/C15H18FNOS/c1-10-17-13(9-19-10)8-14(18)15(2,3)11-4-6-12(16)7-5-11/h4-7,9,14,18H,8H2,1-3H3. The van der Waals surface area contributed by atoms with Crippen LogP contribution in [0.5, 0.6) is 0 Å². The van der Waals surface area contributed by atoms with E-state index in [1.165, 1.54) is 12.1 Å². The van der Waals surface area contributed by atoms with Gasteiger partial charge < -0.3 is 5.11 Å². The van der Waals surface area contributed by atoms with Gasteiger partial charge in [-0.3, -0.25) is 0 Å². The summed E-state index contributed by atoms with van der Waals surface area (Å²) in [5.41, 5.74) is 1.39. The van der Waals surface area contributed by atoms with Crippen LogP contribution in [0.3, 0.4) is 0 Å². The predicted octanol–water partition coefficient (Wildman–Crippen LogP) is 3.47. The van der Waals surface area contributed by atoms with Gasteiger partial charge in [0, 0.05) is 17.2 Å². The van der Waals surface area contributed by atoms with Crippen molar-refractivity contribution >= 4 is 11.3 Å². The molecule has 0 bridgehead atoms. The van der Waals surface area contributed by atoms with E-state index >= 15 is 0 Å². The van der Waals surface area contributed by atoms with Crippen LogP contribution in [-0.4, -0.2) is 16.2 Å². The molecule has 2 rings (SSSR count). The van der Waals surface area contributed by atoms with Gasteiger partial charge in [0.15, 0.2) is 0 Å². The second kappa shape index (κ2) is 5.39. The fraction of sp³-hybridized carbons (Fsp3) is 0.400. The maximum Gasteiger partial charge on any atom is 0.123 e. The van der Waals surface area contributed by atoms with E-state index in [0.29, 0.717) is 6.42 Å². The van der Waals surface area contributed by atoms with Crippen molar-refractivity contribution in [2.24, 2.45) is 0 Å². The lowest BCUT2D eigenvalue weighted by Gasteiger charge is -2.30. The molecule has 2 nitrogen and oxygen atoms in total. The molecule has 102 valence electrons. The van der Waals surface area contributed by atoms with E-state index in [2.05, 4.69) is 4.98 Å². The Hall–Kier alpha value is -1.26. The summed E-state index contributed by atoms with van der Waals surface area (Å²) in [6.07, 6.45) is -0.0474. The van der Waals surface area contributed by atoms with Crippen molar-refractivity contribution in [1.29, 1.82) is 0 Å². The fourth-order valence-electron chi connectivity index (χ4n) is 2.03. The van der Waals surface area contributed by atoms with Gasteiger partial charge in [-0.25, -0.2) is 9.37 Å². The molecule has 2 aromatic rings. The van der Waals surface area contributed by atoms with Gasteiger partial charge in [0.1, 0.15) is 5.82 Å². The van der Waals surface area contributed by atoms with Crippen LogP contribution in [0.25, 0.3) is 0 Å². The van der Waals surface area contributed by atoms with E-state index in [1.54, 1.807) is 23.5 Å². The molecule has 1 aromatic heterocycles. The first-order chi connectivity index (χ1) is 8.89. The second-order valence-electron chi connectivity index (χ2n) is 5.31. The number of hydrogen-bond donors (Lipinski definition) is 1. The van der Waals surface area contributed by atoms with E-state index in [1.807, 2.05) is 26.2 Å². The maximum atomic E-state index is 13.0. The number of thiazole rings is 1. The highest BCUT2D eigenvalue weighted by Crippen LogP contribution is 2.29. The Morgan fingerprint density at radius 3 is 2.47 bits per heavy atom. The topological polar surface area (TPSA) is 33.1 Å². The molecule has 0 amide bonds. The lowest BCUT2D eigenvalue weighted by Crippen LogP contribution is -2.35. The Bertz CT molecular complexity index is 548. The Balaban J connectivity index is 2.16. The summed E-state index contributed by atoms with van der Waals surface area (Å²) in [4.78, 5) is 4.37. The van der Waals surface area contributed by atoms with Crippen LogP contribution in [0.15, 0.2) is 29.6 Å². The normalized spacial score (nSPS) is 13.5. The minimum Gasteiger partial charge on any atom is -0.392 e. The Morgan fingerprint density at radius 1 is 1.32 bits per heavy atom. The van der Waals surface area contributed by atoms with E-state index in [9.17, 15) is 9.50 Å². The number of aliphatic hydroxyl groups excluding tert-OH is 1. The molecule has 0 aliphatic heterocycles. The monoisotopic (exact) mass is 279 g/mol. The lowest BCUT2D eigenvalue weighted by atomic mass is 9.78. The lowest BCUT2D eigenvalue weighted by molar-refractivity contribution is 0.0991. The quantitative estimate of drug-likeness (QED) is 0.929. The molecule has 0 saturated carbocycles. The van der Waals surface area contributed by atoms with Crippen LogP contribution < -0.4 is 0 Å². The zero-order valence-electron chi connectivity index (χ0n) is 11.4. The minimum atomic E-state index is -0.556. The van der Waals surface area contributed by atoms with Crippen molar-refractivity contribution in [1.82, 2.24) is 4.98 Å². The number of halogens is 1. The third-order valence-electron chi connectivity index (χ3n) is 3.49. The number of aryl methyl sites for hydroxylation is 1. The van der Waals surface area contributed by atoms with Gasteiger partial charge in [0.25, 0.3) is 0 Å². The average Bonchev–Trinajstić information content (AvgIpc) is 2.75. The first-order valence-electron chi connectivity index (χ1n) is 6.24. The van der Waals surface area contributed by atoms with Gasteiger partial charge in [-0.2, -0.15) is 0 Å². The third-order valence-corrected chi connectivity index (χ3v) is 4.31. The van der Waals surface area contributed by atoms with Crippen molar-refractivity contribution in [3.63, 3.8) is 0 Å². The Morgan fingerprint density at radius 2 is 1.95 bits per heavy atom. The van der Waals surface area contributed by atoms with Gasteiger partial charge in [-0.15, -0.1) is 11.3 Å². The number of aromatic nitrogens is 1. The summed E-state index contributed by atoms with van der Waals surface area (Å²) in [6.45, 7) is 5.87. The summed E-state index contributed by atoms with van der Waals surface area (Å²) >= 11 is 1.58. The summed E-state index contributed by atoms with van der Waals surface area (Å²) in [6, 6.07) is 6.31. The molecule has 4 heteroatoms. The molecule has 0 saturated heterocycles. The molecular formula is C15H18FNOS. The molecule has 1 heterocycles. The second-order valence-corrected chi connectivity index (χ2v) is 6.37. The highest BCUT2D eigenvalue weighted by atomic mass is 32.1. The van der Waals surface area contributed by atoms with Gasteiger partial charge in [0.2, 0.25) is 0 Å². The molecule has 0 aliphatic carbocycles. The molecule has 1 unspecified atom stereocenters. The number of nitrogens with zero attached hydrogens (tertiary/aromatic N) is 1. The summed E-state index contributed by atoms with van der Waals surface area (Å²) in [7, 11) is 0. The van der Waals surface area contributed by atoms with E-state index in [-0.39, 0.29) is 5.82 Å². The molecule has 0 fully saturated rings. The fourth-order valence-corrected chi connectivity index (χ4v) is 2.65. The van der Waals surface area contributed by atoms with Crippen LogP contribution in [0.1, 0.15) is 30.1 Å². The zero-order valence-corrected chi connectivity index (χ0v) is 12.2. The molecular weight excluding hydrogens is 261 g/mol. The van der Waals surface area contributed by atoms with Crippen molar-refractivity contribution in [2.45, 2.75) is 38.7 Å². The predicted molar refractivity (Wildman–Crippen MR) is 76.0 cm³/mol. The average molecular weight is 279 g/mol. The number of benzene rings is 1. The van der Waals surface area contributed by atoms with Crippen molar-refractivity contribution in [3.8, 4) is 0 Å². The van der Waals surface area contributed by atoms with Crippen LogP contribution in [0.4, 0.5) is 4.39 Å². The molecule has 19 heavy (non-hydrogen) atoms. The first kappa shape index (κ1) is 14.2. The Kier molecular flexibility index (Phi) is 4.02. The van der Waals surface area contributed by atoms with Crippen molar-refractivity contribution < 1.29 is 9.50 Å². The van der Waals surface area contributed by atoms with E-state index in [4.69, 9.17) is 0 Å². The van der Waals surface area contributed by atoms with Gasteiger partial charge in [-0.1, -0.05) is 26.0 Å². The smallest absolute Gasteiger partial charge is 0.123 e. The van der Waals surface area contributed by atoms with Crippen LogP contribution in [0.2, 0.25) is 0 Å². The maximum absolute atomic E-state index is 13.0. The summed E-state index contributed by atoms with van der Waals surface area (Å²) in [5.74, 6) is -0.260. The van der Waals surface area contributed by atoms with Crippen molar-refractivity contribution in [3.05, 3.63) is 51.7 Å². The molecule has 1 atom stereocenters. The zero-order chi connectivity index (χ0) is 14.0. The first-order valence-corrected chi connectivity index (χ1v) is 7.12. The van der Waals surface area contributed by atoms with Crippen LogP contribution in [-0.2, 0) is 11.8 Å². The van der Waals surface area contributed by atoms with E-state index in [0.717, 1.165) is 16.3 Å². The molecule has 0 aliphatic rings. The number of rotatable bonds is 4. The highest BCUT2D eigenvalue weighted by Gasteiger charge is 2.30. The van der Waals surface area contributed by atoms with Crippen LogP contribution in [0, 0.1) is 12.7 Å². The number of hydrogen-bond acceptors (Lipinski definition) is 3. The highest BCUT2D eigenvalue weighted by molar-refractivity contribution is 7.09. The largest absolute Gasteiger partial charge is 0.392 e. The van der Waals surface area contributed by atoms with Gasteiger partial charge in [0.05, 0.1) is 16.8 Å². The summed E-state index contributed by atoms with van der Waals surface area (Å²) < 4.78 is 13.0. The SMILES string of the molecule is Cc1nc(CC(O)C(C)(C)c2ccc(F)cc2)cs1. The van der Waals surface area contributed by atoms with Gasteiger partial charge >= 0.3 is 0 Å².